The van der Waals surface area contributed by atoms with E-state index in [-0.39, 0.29) is 24.2 Å². The van der Waals surface area contributed by atoms with E-state index in [1.165, 1.54) is 0 Å². The van der Waals surface area contributed by atoms with Crippen LogP contribution in [0.1, 0.15) is 36.3 Å². The van der Waals surface area contributed by atoms with Crippen molar-refractivity contribution in [2.45, 2.75) is 31.3 Å². The molecule has 4 nitrogen and oxygen atoms in total. The fourth-order valence-corrected chi connectivity index (χ4v) is 4.11. The minimum absolute atomic E-state index is 0.0435. The zero-order chi connectivity index (χ0) is 17.4. The molecule has 2 aliphatic rings. The van der Waals surface area contributed by atoms with Crippen molar-refractivity contribution in [1.82, 2.24) is 0 Å². The number of ketones is 1. The van der Waals surface area contributed by atoms with Crippen LogP contribution in [0.15, 0.2) is 54.6 Å². The van der Waals surface area contributed by atoms with Crippen LogP contribution in [0.3, 0.4) is 0 Å². The molecule has 0 spiro atoms. The summed E-state index contributed by atoms with van der Waals surface area (Å²) < 4.78 is 11.1. The highest BCUT2D eigenvalue weighted by Gasteiger charge is 2.53. The molecule has 1 aliphatic carbocycles. The molecule has 0 N–H and O–H groups in total. The Kier molecular flexibility index (Phi) is 4.04. The SMILES string of the molecule is CCOC(=O)C1CC(c2ccccc2)C2c3ccccc3OC2C1=O. The Morgan fingerprint density at radius 2 is 1.84 bits per heavy atom. The van der Waals surface area contributed by atoms with Crippen molar-refractivity contribution >= 4 is 11.8 Å². The van der Waals surface area contributed by atoms with Crippen LogP contribution in [0.5, 0.6) is 5.75 Å². The minimum Gasteiger partial charge on any atom is -0.482 e. The van der Waals surface area contributed by atoms with E-state index in [1.807, 2.05) is 42.5 Å². The number of rotatable bonds is 3. The van der Waals surface area contributed by atoms with Crippen molar-refractivity contribution in [2.75, 3.05) is 6.61 Å². The molecule has 4 rings (SSSR count). The molecule has 4 heteroatoms. The molecule has 1 heterocycles. The molecule has 1 aliphatic heterocycles. The number of para-hydroxylation sites is 1. The van der Waals surface area contributed by atoms with Gasteiger partial charge < -0.3 is 9.47 Å². The molecule has 0 saturated heterocycles. The first-order valence-corrected chi connectivity index (χ1v) is 8.71. The van der Waals surface area contributed by atoms with Gasteiger partial charge in [0.25, 0.3) is 0 Å². The van der Waals surface area contributed by atoms with Crippen LogP contribution in [-0.4, -0.2) is 24.5 Å². The number of hydrogen-bond acceptors (Lipinski definition) is 4. The summed E-state index contributed by atoms with van der Waals surface area (Å²) in [7, 11) is 0. The van der Waals surface area contributed by atoms with Gasteiger partial charge in [0, 0.05) is 11.5 Å². The van der Waals surface area contributed by atoms with E-state index in [4.69, 9.17) is 9.47 Å². The second-order valence-electron chi connectivity index (χ2n) is 6.56. The molecule has 0 amide bonds. The van der Waals surface area contributed by atoms with Gasteiger partial charge in [-0.2, -0.15) is 0 Å². The van der Waals surface area contributed by atoms with Crippen LogP contribution < -0.4 is 4.74 Å². The lowest BCUT2D eigenvalue weighted by atomic mass is 9.67. The highest BCUT2D eigenvalue weighted by molar-refractivity contribution is 6.03. The summed E-state index contributed by atoms with van der Waals surface area (Å²) in [5.74, 6) is -0.631. The number of ether oxygens (including phenoxy) is 2. The monoisotopic (exact) mass is 336 g/mol. The van der Waals surface area contributed by atoms with E-state index in [1.54, 1.807) is 6.92 Å². The Hall–Kier alpha value is -2.62. The van der Waals surface area contributed by atoms with Crippen LogP contribution in [0.4, 0.5) is 0 Å². The standard InChI is InChI=1S/C21H20O4/c1-2-24-21(23)16-12-15(13-8-4-3-5-9-13)18-14-10-6-7-11-17(14)25-20(18)19(16)22/h3-11,15-16,18,20H,2,12H2,1H3. The first kappa shape index (κ1) is 15.9. The highest BCUT2D eigenvalue weighted by Crippen LogP contribution is 2.52. The van der Waals surface area contributed by atoms with Gasteiger partial charge in [-0.1, -0.05) is 48.5 Å². The third-order valence-electron chi connectivity index (χ3n) is 5.20. The summed E-state index contributed by atoms with van der Waals surface area (Å²) in [6.45, 7) is 2.03. The molecule has 1 saturated carbocycles. The van der Waals surface area contributed by atoms with Crippen molar-refractivity contribution in [3.05, 3.63) is 65.7 Å². The summed E-state index contributed by atoms with van der Waals surface area (Å²) in [6.07, 6.45) is -0.161. The first-order valence-electron chi connectivity index (χ1n) is 8.71. The lowest BCUT2D eigenvalue weighted by Crippen LogP contribution is -2.46. The molecule has 4 unspecified atom stereocenters. The fourth-order valence-electron chi connectivity index (χ4n) is 4.11. The van der Waals surface area contributed by atoms with E-state index in [2.05, 4.69) is 12.1 Å². The zero-order valence-corrected chi connectivity index (χ0v) is 14.1. The number of fused-ring (bicyclic) bond motifs is 3. The number of carbonyl (C=O) groups excluding carboxylic acids is 2. The molecule has 1 fully saturated rings. The molecule has 0 aromatic heterocycles. The van der Waals surface area contributed by atoms with Crippen LogP contribution >= 0.6 is 0 Å². The Labute approximate surface area is 146 Å². The van der Waals surface area contributed by atoms with Crippen molar-refractivity contribution in [3.8, 4) is 5.75 Å². The summed E-state index contributed by atoms with van der Waals surface area (Å²) in [6, 6.07) is 17.8. The van der Waals surface area contributed by atoms with Crippen molar-refractivity contribution in [1.29, 1.82) is 0 Å². The van der Waals surface area contributed by atoms with Crippen LogP contribution in [0.2, 0.25) is 0 Å². The molecule has 2 aromatic carbocycles. The van der Waals surface area contributed by atoms with Crippen LogP contribution in [-0.2, 0) is 14.3 Å². The Morgan fingerprint density at radius 1 is 1.12 bits per heavy atom. The number of Topliss-reactive ketones (excluding diaryl/α,β-unsaturated/α-hetero) is 1. The van der Waals surface area contributed by atoms with Gasteiger partial charge in [-0.3, -0.25) is 9.59 Å². The van der Waals surface area contributed by atoms with Crippen molar-refractivity contribution < 1.29 is 19.1 Å². The lowest BCUT2D eigenvalue weighted by Gasteiger charge is -2.35. The minimum atomic E-state index is -0.763. The zero-order valence-electron chi connectivity index (χ0n) is 14.1. The van der Waals surface area contributed by atoms with Gasteiger partial charge in [-0.15, -0.1) is 0 Å². The topological polar surface area (TPSA) is 52.6 Å². The average molecular weight is 336 g/mol. The molecule has 25 heavy (non-hydrogen) atoms. The van der Waals surface area contributed by atoms with Gasteiger partial charge in [0.15, 0.2) is 11.9 Å². The summed E-state index contributed by atoms with van der Waals surface area (Å²) in [5.41, 5.74) is 2.18. The Morgan fingerprint density at radius 3 is 2.60 bits per heavy atom. The third-order valence-corrected chi connectivity index (χ3v) is 5.20. The molecule has 4 atom stereocenters. The Bertz CT molecular complexity index is 799. The quantitative estimate of drug-likeness (QED) is 0.636. The number of carbonyl (C=O) groups is 2. The second kappa shape index (κ2) is 6.36. The predicted octanol–water partition coefficient (Wildman–Crippen LogP) is 3.47. The molecular weight excluding hydrogens is 316 g/mol. The second-order valence-corrected chi connectivity index (χ2v) is 6.56. The van der Waals surface area contributed by atoms with Crippen LogP contribution in [0.25, 0.3) is 0 Å². The lowest BCUT2D eigenvalue weighted by molar-refractivity contribution is -0.156. The molecule has 0 radical (unpaired) electrons. The van der Waals surface area contributed by atoms with Gasteiger partial charge in [0.2, 0.25) is 0 Å². The van der Waals surface area contributed by atoms with Crippen molar-refractivity contribution in [3.63, 3.8) is 0 Å². The highest BCUT2D eigenvalue weighted by atomic mass is 16.5. The summed E-state index contributed by atoms with van der Waals surface area (Å²) in [5, 5.41) is 0. The van der Waals surface area contributed by atoms with Gasteiger partial charge in [0.1, 0.15) is 11.7 Å². The largest absolute Gasteiger partial charge is 0.482 e. The summed E-state index contributed by atoms with van der Waals surface area (Å²) >= 11 is 0. The number of benzene rings is 2. The van der Waals surface area contributed by atoms with E-state index < -0.39 is 18.0 Å². The maximum absolute atomic E-state index is 12.9. The van der Waals surface area contributed by atoms with E-state index >= 15 is 0 Å². The maximum atomic E-state index is 12.9. The van der Waals surface area contributed by atoms with Gasteiger partial charge in [-0.05, 0) is 30.9 Å². The van der Waals surface area contributed by atoms with Gasteiger partial charge >= 0.3 is 5.97 Å². The summed E-state index contributed by atoms with van der Waals surface area (Å²) in [4.78, 5) is 25.3. The van der Waals surface area contributed by atoms with E-state index in [9.17, 15) is 9.59 Å². The molecule has 2 aromatic rings. The first-order chi connectivity index (χ1) is 12.2. The van der Waals surface area contributed by atoms with Gasteiger partial charge in [0.05, 0.1) is 6.61 Å². The third kappa shape index (κ3) is 2.62. The Balaban J connectivity index is 1.77. The average Bonchev–Trinajstić information content (AvgIpc) is 3.03. The molecule has 128 valence electrons. The number of esters is 1. The van der Waals surface area contributed by atoms with Crippen LogP contribution in [0, 0.1) is 5.92 Å². The maximum Gasteiger partial charge on any atom is 0.316 e. The molecular formula is C21H20O4. The molecule has 0 bridgehead atoms. The number of hydrogen-bond donors (Lipinski definition) is 0. The van der Waals surface area contributed by atoms with Crippen molar-refractivity contribution in [2.24, 2.45) is 5.92 Å². The smallest absolute Gasteiger partial charge is 0.316 e. The normalized spacial score (nSPS) is 27.2. The van der Waals surface area contributed by atoms with Gasteiger partial charge in [-0.25, -0.2) is 0 Å². The van der Waals surface area contributed by atoms with E-state index in [0.29, 0.717) is 6.42 Å². The van der Waals surface area contributed by atoms with E-state index in [0.717, 1.165) is 16.9 Å². The predicted molar refractivity (Wildman–Crippen MR) is 92.5 cm³/mol. The fraction of sp³-hybridized carbons (Fsp3) is 0.333.